The van der Waals surface area contributed by atoms with Crippen molar-refractivity contribution in [3.8, 4) is 0 Å². The fraction of sp³-hybridized carbons (Fsp3) is 0.786. The molecule has 1 atom stereocenters. The van der Waals surface area contributed by atoms with Crippen molar-refractivity contribution in [2.75, 3.05) is 0 Å². The van der Waals surface area contributed by atoms with Crippen molar-refractivity contribution in [2.45, 2.75) is 65.5 Å². The Labute approximate surface area is 109 Å². The summed E-state index contributed by atoms with van der Waals surface area (Å²) in [5, 5.41) is 5.06. The van der Waals surface area contributed by atoms with E-state index in [1.807, 2.05) is 11.3 Å². The van der Waals surface area contributed by atoms with Crippen molar-refractivity contribution in [1.29, 1.82) is 0 Å². The van der Waals surface area contributed by atoms with E-state index in [2.05, 4.69) is 33.0 Å². The van der Waals surface area contributed by atoms with Crippen LogP contribution in [0.15, 0.2) is 0 Å². The molecule has 1 aliphatic carbocycles. The lowest BCUT2D eigenvalue weighted by Gasteiger charge is -2.18. The molecule has 0 aliphatic heterocycles. The Morgan fingerprint density at radius 3 is 2.59 bits per heavy atom. The molecule has 1 unspecified atom stereocenters. The normalized spacial score (nSPS) is 17.7. The van der Waals surface area contributed by atoms with Gasteiger partial charge in [-0.3, -0.25) is 0 Å². The van der Waals surface area contributed by atoms with Gasteiger partial charge in [-0.25, -0.2) is 4.98 Å². The fourth-order valence-corrected chi connectivity index (χ4v) is 3.26. The first-order chi connectivity index (χ1) is 8.10. The molecule has 1 aromatic rings. The van der Waals surface area contributed by atoms with E-state index in [9.17, 15) is 0 Å². The summed E-state index contributed by atoms with van der Waals surface area (Å²) >= 11 is 1.89. The fourth-order valence-electron chi connectivity index (χ4n) is 2.17. The predicted octanol–water partition coefficient (Wildman–Crippen LogP) is 3.85. The van der Waals surface area contributed by atoms with Gasteiger partial charge in [0.05, 0.1) is 11.7 Å². The lowest BCUT2D eigenvalue weighted by molar-refractivity contribution is 0.425. The molecule has 1 fully saturated rings. The number of aromatic nitrogens is 1. The Kier molecular flexibility index (Phi) is 4.21. The molecule has 1 aromatic heterocycles. The molecule has 1 heterocycles. The summed E-state index contributed by atoms with van der Waals surface area (Å²) in [6.45, 7) is 8.98. The summed E-state index contributed by atoms with van der Waals surface area (Å²) < 4.78 is 0. The molecule has 2 rings (SSSR count). The number of nitrogens with zero attached hydrogens (tertiary/aromatic N) is 1. The minimum Gasteiger partial charge on any atom is -0.305 e. The summed E-state index contributed by atoms with van der Waals surface area (Å²) in [6.07, 6.45) is 4.95. The molecule has 96 valence electrons. The zero-order valence-corrected chi connectivity index (χ0v) is 12.2. The first-order valence-corrected chi connectivity index (χ1v) is 7.64. The number of nitrogens with one attached hydrogen (secondary N) is 1. The number of thiazole rings is 1. The molecule has 0 bridgehead atoms. The zero-order valence-electron chi connectivity index (χ0n) is 11.4. The minimum atomic E-state index is 0.478. The maximum atomic E-state index is 4.82. The van der Waals surface area contributed by atoms with E-state index in [0.717, 1.165) is 18.4 Å². The Morgan fingerprint density at radius 1 is 1.41 bits per heavy atom. The first kappa shape index (κ1) is 13.0. The quantitative estimate of drug-likeness (QED) is 0.831. The standard InChI is InChI=1S/C14H24N2S/c1-5-12-10(4)17-14(16-12)13(8-9(2)3)15-11-6-7-11/h9,11,13,15H,5-8H2,1-4H3. The summed E-state index contributed by atoms with van der Waals surface area (Å²) in [4.78, 5) is 6.22. The third-order valence-corrected chi connectivity index (χ3v) is 4.39. The van der Waals surface area contributed by atoms with Gasteiger partial charge in [0.2, 0.25) is 0 Å². The van der Waals surface area contributed by atoms with Crippen LogP contribution in [-0.4, -0.2) is 11.0 Å². The van der Waals surface area contributed by atoms with Crippen molar-refractivity contribution in [3.05, 3.63) is 15.6 Å². The second-order valence-electron chi connectivity index (χ2n) is 5.53. The van der Waals surface area contributed by atoms with Gasteiger partial charge in [0, 0.05) is 10.9 Å². The molecule has 2 nitrogen and oxygen atoms in total. The SMILES string of the molecule is CCc1nc(C(CC(C)C)NC2CC2)sc1C. The largest absolute Gasteiger partial charge is 0.305 e. The molecule has 1 saturated carbocycles. The van der Waals surface area contributed by atoms with E-state index in [4.69, 9.17) is 4.98 Å². The lowest BCUT2D eigenvalue weighted by Crippen LogP contribution is -2.24. The predicted molar refractivity (Wildman–Crippen MR) is 74.6 cm³/mol. The molecule has 1 N–H and O–H groups in total. The maximum Gasteiger partial charge on any atom is 0.110 e. The van der Waals surface area contributed by atoms with Gasteiger partial charge < -0.3 is 5.32 Å². The van der Waals surface area contributed by atoms with Crippen LogP contribution in [0.2, 0.25) is 0 Å². The van der Waals surface area contributed by atoms with Gasteiger partial charge in [-0.15, -0.1) is 11.3 Å². The van der Waals surface area contributed by atoms with Crippen LogP contribution in [0, 0.1) is 12.8 Å². The molecular formula is C14H24N2S. The third-order valence-electron chi connectivity index (χ3n) is 3.26. The molecule has 3 heteroatoms. The van der Waals surface area contributed by atoms with Crippen molar-refractivity contribution in [2.24, 2.45) is 5.92 Å². The number of aryl methyl sites for hydroxylation is 2. The summed E-state index contributed by atoms with van der Waals surface area (Å²) in [7, 11) is 0. The van der Waals surface area contributed by atoms with Gasteiger partial charge >= 0.3 is 0 Å². The Balaban J connectivity index is 2.11. The highest BCUT2D eigenvalue weighted by Gasteiger charge is 2.27. The Hall–Kier alpha value is -0.410. The zero-order chi connectivity index (χ0) is 12.4. The maximum absolute atomic E-state index is 4.82. The highest BCUT2D eigenvalue weighted by atomic mass is 32.1. The second-order valence-corrected chi connectivity index (χ2v) is 6.77. The van der Waals surface area contributed by atoms with Crippen molar-refractivity contribution < 1.29 is 0 Å². The average Bonchev–Trinajstić information content (AvgIpc) is 2.99. The van der Waals surface area contributed by atoms with Gasteiger partial charge in [-0.2, -0.15) is 0 Å². The monoisotopic (exact) mass is 252 g/mol. The van der Waals surface area contributed by atoms with Crippen LogP contribution < -0.4 is 5.32 Å². The van der Waals surface area contributed by atoms with Gasteiger partial charge in [0.25, 0.3) is 0 Å². The van der Waals surface area contributed by atoms with Crippen LogP contribution >= 0.6 is 11.3 Å². The molecule has 17 heavy (non-hydrogen) atoms. The molecule has 0 saturated heterocycles. The average molecular weight is 252 g/mol. The summed E-state index contributed by atoms with van der Waals surface area (Å²) in [5.41, 5.74) is 1.29. The first-order valence-electron chi connectivity index (χ1n) is 6.82. The molecule has 0 amide bonds. The topological polar surface area (TPSA) is 24.9 Å². The Bertz CT molecular complexity index is 362. The number of hydrogen-bond donors (Lipinski definition) is 1. The Morgan fingerprint density at radius 2 is 2.12 bits per heavy atom. The van der Waals surface area contributed by atoms with Crippen molar-refractivity contribution >= 4 is 11.3 Å². The van der Waals surface area contributed by atoms with Crippen LogP contribution in [0.3, 0.4) is 0 Å². The van der Waals surface area contributed by atoms with Crippen LogP contribution in [0.4, 0.5) is 0 Å². The van der Waals surface area contributed by atoms with E-state index in [1.165, 1.54) is 34.8 Å². The van der Waals surface area contributed by atoms with Crippen LogP contribution in [0.25, 0.3) is 0 Å². The number of hydrogen-bond acceptors (Lipinski definition) is 3. The van der Waals surface area contributed by atoms with Crippen LogP contribution in [0.1, 0.15) is 61.7 Å². The molecular weight excluding hydrogens is 228 g/mol. The highest BCUT2D eigenvalue weighted by Crippen LogP contribution is 2.31. The van der Waals surface area contributed by atoms with E-state index in [0.29, 0.717) is 6.04 Å². The van der Waals surface area contributed by atoms with Crippen molar-refractivity contribution in [1.82, 2.24) is 10.3 Å². The summed E-state index contributed by atoms with van der Waals surface area (Å²) in [6, 6.07) is 1.24. The van der Waals surface area contributed by atoms with E-state index in [1.54, 1.807) is 0 Å². The smallest absolute Gasteiger partial charge is 0.110 e. The van der Waals surface area contributed by atoms with Gasteiger partial charge in [0.1, 0.15) is 5.01 Å². The van der Waals surface area contributed by atoms with E-state index < -0.39 is 0 Å². The minimum absolute atomic E-state index is 0.478. The lowest BCUT2D eigenvalue weighted by atomic mass is 10.0. The van der Waals surface area contributed by atoms with Gasteiger partial charge in [0.15, 0.2) is 0 Å². The summed E-state index contributed by atoms with van der Waals surface area (Å²) in [5.74, 6) is 0.723. The molecule has 0 aromatic carbocycles. The number of rotatable bonds is 6. The van der Waals surface area contributed by atoms with Crippen LogP contribution in [-0.2, 0) is 6.42 Å². The van der Waals surface area contributed by atoms with Gasteiger partial charge in [-0.1, -0.05) is 20.8 Å². The second kappa shape index (κ2) is 5.49. The van der Waals surface area contributed by atoms with Crippen molar-refractivity contribution in [3.63, 3.8) is 0 Å². The van der Waals surface area contributed by atoms with E-state index >= 15 is 0 Å². The highest BCUT2D eigenvalue weighted by molar-refractivity contribution is 7.11. The molecule has 0 radical (unpaired) electrons. The van der Waals surface area contributed by atoms with E-state index in [-0.39, 0.29) is 0 Å². The molecule has 1 aliphatic rings. The van der Waals surface area contributed by atoms with Crippen LogP contribution in [0.5, 0.6) is 0 Å². The third kappa shape index (κ3) is 3.52. The molecule has 0 spiro atoms. The van der Waals surface area contributed by atoms with Gasteiger partial charge in [-0.05, 0) is 38.5 Å².